The molecule has 1 aromatic heterocycles. The number of carbonyl (C=O) groups is 1. The lowest BCUT2D eigenvalue weighted by Gasteiger charge is -2.15. The normalized spacial score (nSPS) is 15.4. The zero-order chi connectivity index (χ0) is 25.1. The summed E-state index contributed by atoms with van der Waals surface area (Å²) in [5.41, 5.74) is 4.78. The van der Waals surface area contributed by atoms with Crippen LogP contribution >= 0.6 is 0 Å². The fourth-order valence-corrected chi connectivity index (χ4v) is 4.36. The Labute approximate surface area is 209 Å². The minimum Gasteiger partial charge on any atom is -0.497 e. The molecule has 5 rings (SSSR count). The second-order valence-corrected chi connectivity index (χ2v) is 8.71. The van der Waals surface area contributed by atoms with Crippen LogP contribution in [0.15, 0.2) is 95.7 Å². The van der Waals surface area contributed by atoms with E-state index >= 15 is 0 Å². The van der Waals surface area contributed by atoms with Gasteiger partial charge in [-0.15, -0.1) is 0 Å². The number of benzene rings is 3. The number of aliphatic hydroxyl groups is 1. The predicted molar refractivity (Wildman–Crippen MR) is 144 cm³/mol. The molecule has 1 aliphatic rings. The Kier molecular flexibility index (Phi) is 6.56. The van der Waals surface area contributed by atoms with Crippen LogP contribution in [0, 0.1) is 0 Å². The van der Waals surface area contributed by atoms with Crippen molar-refractivity contribution in [3.05, 3.63) is 96.2 Å². The molecule has 1 unspecified atom stereocenters. The van der Waals surface area contributed by atoms with E-state index in [1.165, 1.54) is 5.01 Å². The van der Waals surface area contributed by atoms with Crippen LogP contribution in [0.2, 0.25) is 0 Å². The number of nitrogens with zero attached hydrogens (tertiary/aromatic N) is 3. The van der Waals surface area contributed by atoms with Gasteiger partial charge in [0.05, 0.1) is 36.7 Å². The molecule has 2 heterocycles. The van der Waals surface area contributed by atoms with E-state index in [2.05, 4.69) is 10.4 Å². The molecule has 0 saturated heterocycles. The molecule has 4 aromatic rings. The van der Waals surface area contributed by atoms with E-state index in [9.17, 15) is 9.90 Å². The molecular formula is C29H28N4O3. The van der Waals surface area contributed by atoms with Gasteiger partial charge in [-0.1, -0.05) is 36.4 Å². The standard InChI is InChI=1S/C29H28N4O3/c1-20-27(29(35)33(31-20)23-8-4-3-5-9-23)16-21-18-32(28-11-7-6-10-26(21)28)19-24(34)17-30-22-12-14-25(36-2)15-13-22/h3-16,18,24,30,34H,17,19H2,1-2H3. The molecule has 1 amide bonds. The summed E-state index contributed by atoms with van der Waals surface area (Å²) in [6.45, 7) is 2.65. The number of ether oxygens (including phenoxy) is 1. The summed E-state index contributed by atoms with van der Waals surface area (Å²) in [6, 6.07) is 25.0. The molecule has 0 spiro atoms. The maximum Gasteiger partial charge on any atom is 0.280 e. The number of hydrazone groups is 1. The molecular weight excluding hydrogens is 452 g/mol. The number of methoxy groups -OCH3 is 1. The monoisotopic (exact) mass is 480 g/mol. The summed E-state index contributed by atoms with van der Waals surface area (Å²) >= 11 is 0. The third kappa shape index (κ3) is 4.74. The van der Waals surface area contributed by atoms with Crippen LogP contribution in [0.5, 0.6) is 5.75 Å². The minimum absolute atomic E-state index is 0.153. The molecule has 2 N–H and O–H groups in total. The van der Waals surface area contributed by atoms with Crippen molar-refractivity contribution in [2.75, 3.05) is 24.0 Å². The number of aliphatic hydroxyl groups excluding tert-OH is 1. The quantitative estimate of drug-likeness (QED) is 0.351. The summed E-state index contributed by atoms with van der Waals surface area (Å²) in [5, 5.41) is 21.0. The van der Waals surface area contributed by atoms with E-state index in [1.54, 1.807) is 7.11 Å². The van der Waals surface area contributed by atoms with Crippen molar-refractivity contribution in [2.45, 2.75) is 19.6 Å². The third-order valence-electron chi connectivity index (χ3n) is 6.22. The van der Waals surface area contributed by atoms with Crippen molar-refractivity contribution in [3.63, 3.8) is 0 Å². The summed E-state index contributed by atoms with van der Waals surface area (Å²) in [6.07, 6.45) is 3.26. The molecule has 7 heteroatoms. The number of anilines is 2. The number of carbonyl (C=O) groups excluding carboxylic acids is 1. The predicted octanol–water partition coefficient (Wildman–Crippen LogP) is 4.93. The zero-order valence-electron chi connectivity index (χ0n) is 20.3. The van der Waals surface area contributed by atoms with Gasteiger partial charge < -0.3 is 19.7 Å². The number of rotatable bonds is 8. The Hall–Kier alpha value is -4.36. The number of amides is 1. The SMILES string of the molecule is COc1ccc(NCC(O)Cn2cc(C=C3C(=O)N(c4ccccc4)N=C3C)c3ccccc32)cc1. The Morgan fingerprint density at radius 3 is 2.50 bits per heavy atom. The van der Waals surface area contributed by atoms with Gasteiger partial charge in [-0.3, -0.25) is 4.79 Å². The average Bonchev–Trinajstić information content (AvgIpc) is 3.40. The lowest BCUT2D eigenvalue weighted by molar-refractivity contribution is -0.114. The first-order valence-corrected chi connectivity index (χ1v) is 11.8. The number of hydrogen-bond donors (Lipinski definition) is 2. The lowest BCUT2D eigenvalue weighted by atomic mass is 10.1. The smallest absolute Gasteiger partial charge is 0.280 e. The first kappa shape index (κ1) is 23.4. The van der Waals surface area contributed by atoms with E-state index in [-0.39, 0.29) is 5.91 Å². The number of aromatic nitrogens is 1. The maximum absolute atomic E-state index is 13.2. The third-order valence-corrected chi connectivity index (χ3v) is 6.22. The fourth-order valence-electron chi connectivity index (χ4n) is 4.36. The summed E-state index contributed by atoms with van der Waals surface area (Å²) in [7, 11) is 1.63. The van der Waals surface area contributed by atoms with Crippen molar-refractivity contribution < 1.29 is 14.6 Å². The summed E-state index contributed by atoms with van der Waals surface area (Å²) in [5.74, 6) is 0.633. The number of hydrogen-bond acceptors (Lipinski definition) is 5. The van der Waals surface area contributed by atoms with Crippen LogP contribution < -0.4 is 15.1 Å². The molecule has 3 aromatic carbocycles. The first-order valence-electron chi connectivity index (χ1n) is 11.8. The Bertz CT molecular complexity index is 1440. The topological polar surface area (TPSA) is 79.1 Å². The molecule has 36 heavy (non-hydrogen) atoms. The lowest BCUT2D eigenvalue weighted by Crippen LogP contribution is -2.24. The highest BCUT2D eigenvalue weighted by molar-refractivity contribution is 6.32. The molecule has 0 fully saturated rings. The van der Waals surface area contributed by atoms with Crippen LogP contribution in [-0.4, -0.2) is 41.1 Å². The van der Waals surface area contributed by atoms with E-state index in [0.717, 1.165) is 33.6 Å². The largest absolute Gasteiger partial charge is 0.497 e. The first-order chi connectivity index (χ1) is 17.5. The molecule has 0 radical (unpaired) electrons. The number of fused-ring (bicyclic) bond motifs is 1. The van der Waals surface area contributed by atoms with Crippen molar-refractivity contribution in [2.24, 2.45) is 5.10 Å². The second kappa shape index (κ2) is 10.1. The molecule has 7 nitrogen and oxygen atoms in total. The molecule has 0 bridgehead atoms. The van der Waals surface area contributed by atoms with Gasteiger partial charge in [0.15, 0.2) is 0 Å². The number of nitrogens with one attached hydrogen (secondary N) is 1. The van der Waals surface area contributed by atoms with Gasteiger partial charge in [-0.05, 0) is 55.5 Å². The van der Waals surface area contributed by atoms with Crippen molar-refractivity contribution in [3.8, 4) is 5.75 Å². The van der Waals surface area contributed by atoms with E-state index in [4.69, 9.17) is 4.74 Å². The molecule has 1 aliphatic heterocycles. The summed E-state index contributed by atoms with van der Waals surface area (Å²) in [4.78, 5) is 13.2. The van der Waals surface area contributed by atoms with Gasteiger partial charge in [0.25, 0.3) is 5.91 Å². The van der Waals surface area contributed by atoms with E-state index in [1.807, 2.05) is 103 Å². The van der Waals surface area contributed by atoms with E-state index in [0.29, 0.717) is 24.4 Å². The Morgan fingerprint density at radius 2 is 1.75 bits per heavy atom. The van der Waals surface area contributed by atoms with Crippen molar-refractivity contribution >= 4 is 40.0 Å². The van der Waals surface area contributed by atoms with Gasteiger partial charge in [0.2, 0.25) is 0 Å². The Balaban J connectivity index is 1.36. The highest BCUT2D eigenvalue weighted by Crippen LogP contribution is 2.28. The van der Waals surface area contributed by atoms with Crippen LogP contribution in [0.3, 0.4) is 0 Å². The van der Waals surface area contributed by atoms with Crippen molar-refractivity contribution in [1.29, 1.82) is 0 Å². The maximum atomic E-state index is 13.2. The highest BCUT2D eigenvalue weighted by atomic mass is 16.5. The molecule has 182 valence electrons. The van der Waals surface area contributed by atoms with Gasteiger partial charge in [-0.2, -0.15) is 10.1 Å². The van der Waals surface area contributed by atoms with Crippen LogP contribution in [0.1, 0.15) is 12.5 Å². The second-order valence-electron chi connectivity index (χ2n) is 8.71. The average molecular weight is 481 g/mol. The van der Waals surface area contributed by atoms with Gasteiger partial charge in [0, 0.05) is 34.9 Å². The van der Waals surface area contributed by atoms with Gasteiger partial charge >= 0.3 is 0 Å². The van der Waals surface area contributed by atoms with Crippen molar-refractivity contribution in [1.82, 2.24) is 4.57 Å². The minimum atomic E-state index is -0.617. The van der Waals surface area contributed by atoms with Crippen LogP contribution in [0.25, 0.3) is 17.0 Å². The van der Waals surface area contributed by atoms with Crippen LogP contribution in [-0.2, 0) is 11.3 Å². The van der Waals surface area contributed by atoms with Gasteiger partial charge in [0.1, 0.15) is 5.75 Å². The van der Waals surface area contributed by atoms with E-state index < -0.39 is 6.10 Å². The highest BCUT2D eigenvalue weighted by Gasteiger charge is 2.29. The molecule has 0 saturated carbocycles. The molecule has 1 atom stereocenters. The fraction of sp³-hybridized carbons (Fsp3) is 0.172. The Morgan fingerprint density at radius 1 is 1.03 bits per heavy atom. The summed E-state index contributed by atoms with van der Waals surface area (Å²) < 4.78 is 7.22. The number of para-hydroxylation sites is 2. The molecule has 0 aliphatic carbocycles. The van der Waals surface area contributed by atoms with Crippen LogP contribution in [0.4, 0.5) is 11.4 Å². The zero-order valence-corrected chi connectivity index (χ0v) is 20.3. The van der Waals surface area contributed by atoms with Gasteiger partial charge in [-0.25, -0.2) is 0 Å².